The Hall–Kier alpha value is -1.13. The highest BCUT2D eigenvalue weighted by atomic mass is 32.1. The molecule has 3 nitrogen and oxygen atoms in total. The molecule has 1 N–H and O–H groups in total. The minimum Gasteiger partial charge on any atom is -0.306 e. The van der Waals surface area contributed by atoms with Crippen molar-refractivity contribution >= 4 is 11.3 Å². The maximum atomic E-state index is 4.35. The molecular formula is C13H17N3S. The molecule has 90 valence electrons. The lowest BCUT2D eigenvalue weighted by molar-refractivity contribution is 0.661. The van der Waals surface area contributed by atoms with Crippen molar-refractivity contribution in [3.63, 3.8) is 0 Å². The van der Waals surface area contributed by atoms with E-state index in [0.717, 1.165) is 18.8 Å². The number of thiophene rings is 1. The van der Waals surface area contributed by atoms with Crippen LogP contribution in [-0.2, 0) is 33.0 Å². The van der Waals surface area contributed by atoms with Crippen LogP contribution in [0.1, 0.15) is 27.4 Å². The number of hydrogen-bond acceptors (Lipinski definition) is 3. The summed E-state index contributed by atoms with van der Waals surface area (Å²) < 4.78 is 1.84. The largest absolute Gasteiger partial charge is 0.306 e. The molecule has 0 bridgehead atoms. The number of hydrogen-bond donors (Lipinski definition) is 1. The average Bonchev–Trinajstić information content (AvgIpc) is 2.94. The molecule has 4 heteroatoms. The molecule has 0 aromatic carbocycles. The van der Waals surface area contributed by atoms with Gasteiger partial charge in [-0.05, 0) is 37.0 Å². The normalized spacial score (nSPS) is 14.2. The second kappa shape index (κ2) is 4.63. The molecule has 17 heavy (non-hydrogen) atoms. The Kier molecular flexibility index (Phi) is 2.99. The Morgan fingerprint density at radius 2 is 2.35 bits per heavy atom. The second-order valence-corrected chi connectivity index (χ2v) is 5.82. The van der Waals surface area contributed by atoms with Crippen LogP contribution in [0, 0.1) is 0 Å². The number of rotatable bonds is 4. The predicted molar refractivity (Wildman–Crippen MR) is 70.1 cm³/mol. The number of aromatic nitrogens is 2. The lowest BCUT2D eigenvalue weighted by Gasteiger charge is -2.00. The summed E-state index contributed by atoms with van der Waals surface area (Å²) in [5.74, 6) is 0. The maximum Gasteiger partial charge on any atom is 0.0762 e. The third-order valence-corrected chi connectivity index (χ3v) is 4.41. The molecule has 0 atom stereocenters. The van der Waals surface area contributed by atoms with Crippen LogP contribution in [0.5, 0.6) is 0 Å². The number of fused-ring (bicyclic) bond motifs is 1. The van der Waals surface area contributed by atoms with Gasteiger partial charge in [-0.15, -0.1) is 11.3 Å². The van der Waals surface area contributed by atoms with Crippen molar-refractivity contribution in [2.24, 2.45) is 7.05 Å². The molecule has 0 fully saturated rings. The fourth-order valence-electron chi connectivity index (χ4n) is 2.35. The van der Waals surface area contributed by atoms with Crippen LogP contribution in [0.2, 0.25) is 0 Å². The molecule has 3 rings (SSSR count). The summed E-state index contributed by atoms with van der Waals surface area (Å²) in [6.07, 6.45) is 5.91. The molecule has 2 heterocycles. The Labute approximate surface area is 105 Å². The molecule has 0 amide bonds. The minimum atomic E-state index is 0.851. The summed E-state index contributed by atoms with van der Waals surface area (Å²) in [5.41, 5.74) is 2.70. The summed E-state index contributed by atoms with van der Waals surface area (Å²) in [7, 11) is 1.95. The van der Waals surface area contributed by atoms with Gasteiger partial charge in [0, 0.05) is 36.1 Å². The Bertz CT molecular complexity index is 491. The number of nitrogens with one attached hydrogen (secondary N) is 1. The van der Waals surface area contributed by atoms with Gasteiger partial charge in [0.1, 0.15) is 0 Å². The molecular weight excluding hydrogens is 230 g/mol. The standard InChI is InChI=1S/C13H17N3S/c1-16-6-5-11(15-16)8-14-9-12-7-10-3-2-4-13(10)17-12/h5-7,14H,2-4,8-9H2,1H3. The summed E-state index contributed by atoms with van der Waals surface area (Å²) in [6.45, 7) is 1.82. The lowest BCUT2D eigenvalue weighted by Crippen LogP contribution is -2.12. The van der Waals surface area contributed by atoms with Gasteiger partial charge in [0.05, 0.1) is 5.69 Å². The van der Waals surface area contributed by atoms with Crippen molar-refractivity contribution in [3.8, 4) is 0 Å². The van der Waals surface area contributed by atoms with Gasteiger partial charge in [0.15, 0.2) is 0 Å². The van der Waals surface area contributed by atoms with E-state index in [4.69, 9.17) is 0 Å². The van der Waals surface area contributed by atoms with Crippen LogP contribution in [0.4, 0.5) is 0 Å². The van der Waals surface area contributed by atoms with E-state index in [1.54, 1.807) is 10.4 Å². The van der Waals surface area contributed by atoms with E-state index in [1.807, 2.05) is 29.3 Å². The minimum absolute atomic E-state index is 0.851. The van der Waals surface area contributed by atoms with Gasteiger partial charge >= 0.3 is 0 Å². The molecule has 0 spiro atoms. The molecule has 1 aliphatic rings. The average molecular weight is 247 g/mol. The first-order chi connectivity index (χ1) is 8.31. The van der Waals surface area contributed by atoms with E-state index in [9.17, 15) is 0 Å². The van der Waals surface area contributed by atoms with Crippen LogP contribution in [0.25, 0.3) is 0 Å². The second-order valence-electron chi connectivity index (χ2n) is 4.60. The van der Waals surface area contributed by atoms with E-state index in [-0.39, 0.29) is 0 Å². The van der Waals surface area contributed by atoms with Gasteiger partial charge in [0.25, 0.3) is 0 Å². The Morgan fingerprint density at radius 1 is 1.41 bits per heavy atom. The first-order valence-corrected chi connectivity index (χ1v) is 6.92. The van der Waals surface area contributed by atoms with Crippen molar-refractivity contribution in [2.75, 3.05) is 0 Å². The smallest absolute Gasteiger partial charge is 0.0762 e. The summed E-state index contributed by atoms with van der Waals surface area (Å²) >= 11 is 1.97. The zero-order valence-corrected chi connectivity index (χ0v) is 10.9. The topological polar surface area (TPSA) is 29.9 Å². The van der Waals surface area contributed by atoms with Crippen LogP contribution in [0.3, 0.4) is 0 Å². The van der Waals surface area contributed by atoms with E-state index < -0.39 is 0 Å². The van der Waals surface area contributed by atoms with Gasteiger partial charge < -0.3 is 5.32 Å². The molecule has 0 aliphatic heterocycles. The van der Waals surface area contributed by atoms with Crippen LogP contribution < -0.4 is 5.32 Å². The van der Waals surface area contributed by atoms with Crippen LogP contribution in [0.15, 0.2) is 18.3 Å². The zero-order valence-electron chi connectivity index (χ0n) is 10.1. The van der Waals surface area contributed by atoms with E-state index in [2.05, 4.69) is 22.5 Å². The number of aryl methyl sites for hydroxylation is 3. The Morgan fingerprint density at radius 3 is 3.12 bits per heavy atom. The van der Waals surface area contributed by atoms with Crippen molar-refractivity contribution in [2.45, 2.75) is 32.4 Å². The van der Waals surface area contributed by atoms with Gasteiger partial charge in [-0.3, -0.25) is 4.68 Å². The van der Waals surface area contributed by atoms with Crippen molar-refractivity contribution in [1.29, 1.82) is 0 Å². The van der Waals surface area contributed by atoms with Crippen LogP contribution >= 0.6 is 11.3 Å². The molecule has 2 aromatic rings. The zero-order chi connectivity index (χ0) is 11.7. The van der Waals surface area contributed by atoms with Crippen molar-refractivity contribution in [3.05, 3.63) is 39.3 Å². The molecule has 0 radical (unpaired) electrons. The summed E-state index contributed by atoms with van der Waals surface area (Å²) in [4.78, 5) is 3.07. The highest BCUT2D eigenvalue weighted by Gasteiger charge is 2.14. The maximum absolute atomic E-state index is 4.35. The van der Waals surface area contributed by atoms with Gasteiger partial charge in [-0.2, -0.15) is 5.10 Å². The third kappa shape index (κ3) is 2.42. The highest BCUT2D eigenvalue weighted by molar-refractivity contribution is 7.12. The molecule has 0 unspecified atom stereocenters. The number of nitrogens with zero attached hydrogens (tertiary/aromatic N) is 2. The lowest BCUT2D eigenvalue weighted by atomic mass is 10.2. The van der Waals surface area contributed by atoms with Gasteiger partial charge in [0.2, 0.25) is 0 Å². The van der Waals surface area contributed by atoms with Gasteiger partial charge in [-0.1, -0.05) is 0 Å². The summed E-state index contributed by atoms with van der Waals surface area (Å²) in [6, 6.07) is 4.43. The van der Waals surface area contributed by atoms with Crippen LogP contribution in [-0.4, -0.2) is 9.78 Å². The summed E-state index contributed by atoms with van der Waals surface area (Å²) in [5, 5.41) is 7.80. The first kappa shape index (κ1) is 11.0. The fourth-order valence-corrected chi connectivity index (χ4v) is 3.58. The Balaban J connectivity index is 1.54. The molecule has 2 aromatic heterocycles. The van der Waals surface area contributed by atoms with E-state index >= 15 is 0 Å². The quantitative estimate of drug-likeness (QED) is 0.898. The monoisotopic (exact) mass is 247 g/mol. The fraction of sp³-hybridized carbons (Fsp3) is 0.462. The molecule has 1 aliphatic carbocycles. The van der Waals surface area contributed by atoms with E-state index in [1.165, 1.54) is 24.1 Å². The third-order valence-electron chi connectivity index (χ3n) is 3.17. The first-order valence-electron chi connectivity index (χ1n) is 6.11. The van der Waals surface area contributed by atoms with Crippen molar-refractivity contribution in [1.82, 2.24) is 15.1 Å². The molecule has 0 saturated heterocycles. The van der Waals surface area contributed by atoms with E-state index in [0.29, 0.717) is 0 Å². The van der Waals surface area contributed by atoms with Gasteiger partial charge in [-0.25, -0.2) is 0 Å². The van der Waals surface area contributed by atoms with Crippen molar-refractivity contribution < 1.29 is 0 Å². The SMILES string of the molecule is Cn1ccc(CNCc2cc3c(s2)CCC3)n1. The predicted octanol–water partition coefficient (Wildman–Crippen LogP) is 2.26. The molecule has 0 saturated carbocycles. The highest BCUT2D eigenvalue weighted by Crippen LogP contribution is 2.30.